The van der Waals surface area contributed by atoms with Crippen molar-refractivity contribution >= 4 is 5.91 Å². The van der Waals surface area contributed by atoms with Crippen molar-refractivity contribution in [1.82, 2.24) is 5.32 Å². The Kier molecular flexibility index (Phi) is 6.14. The van der Waals surface area contributed by atoms with Crippen LogP contribution in [0.15, 0.2) is 18.2 Å². The number of nitrogens with two attached hydrogens (primary N) is 1. The summed E-state index contributed by atoms with van der Waals surface area (Å²) in [5.41, 5.74) is 5.88. The summed E-state index contributed by atoms with van der Waals surface area (Å²) >= 11 is 0. The first-order valence-electron chi connectivity index (χ1n) is 7.11. The minimum absolute atomic E-state index is 0.202. The summed E-state index contributed by atoms with van der Waals surface area (Å²) in [6.07, 6.45) is 0. The fourth-order valence-electron chi connectivity index (χ4n) is 2.46. The van der Waals surface area contributed by atoms with Gasteiger partial charge in [-0.1, -0.05) is 33.8 Å². The van der Waals surface area contributed by atoms with Crippen LogP contribution in [0, 0.1) is 23.6 Å². The third-order valence-electron chi connectivity index (χ3n) is 3.75. The van der Waals surface area contributed by atoms with Gasteiger partial charge in [-0.05, 0) is 36.4 Å². The van der Waals surface area contributed by atoms with Crippen molar-refractivity contribution in [2.45, 2.75) is 34.2 Å². The summed E-state index contributed by atoms with van der Waals surface area (Å²) in [7, 11) is 0. The van der Waals surface area contributed by atoms with Gasteiger partial charge in [-0.2, -0.15) is 0 Å². The van der Waals surface area contributed by atoms with Crippen LogP contribution in [0.5, 0.6) is 0 Å². The lowest BCUT2D eigenvalue weighted by Gasteiger charge is -2.25. The van der Waals surface area contributed by atoms with E-state index in [1.165, 1.54) is 6.07 Å². The van der Waals surface area contributed by atoms with Gasteiger partial charge in [-0.3, -0.25) is 4.79 Å². The quantitative estimate of drug-likeness (QED) is 0.807. The number of rotatable bonds is 7. The summed E-state index contributed by atoms with van der Waals surface area (Å²) < 4.78 is 13.8. The van der Waals surface area contributed by atoms with Gasteiger partial charge in [0.05, 0.1) is 0 Å². The van der Waals surface area contributed by atoms with Gasteiger partial charge in [0.2, 0.25) is 5.91 Å². The second kappa shape index (κ2) is 7.39. The Bertz CT molecular complexity index is 450. The van der Waals surface area contributed by atoms with E-state index in [0.29, 0.717) is 29.9 Å². The topological polar surface area (TPSA) is 55.1 Å². The van der Waals surface area contributed by atoms with E-state index in [2.05, 4.69) is 33.0 Å². The molecule has 20 heavy (non-hydrogen) atoms. The Hall–Kier alpha value is -1.42. The Morgan fingerprint density at radius 1 is 1.25 bits per heavy atom. The highest BCUT2D eigenvalue weighted by atomic mass is 19.1. The number of benzene rings is 1. The van der Waals surface area contributed by atoms with Crippen molar-refractivity contribution < 1.29 is 9.18 Å². The number of hydrogen-bond donors (Lipinski definition) is 2. The summed E-state index contributed by atoms with van der Waals surface area (Å²) in [6, 6.07) is 4.37. The number of primary amides is 1. The van der Waals surface area contributed by atoms with E-state index in [-0.39, 0.29) is 11.4 Å². The van der Waals surface area contributed by atoms with Crippen LogP contribution >= 0.6 is 0 Å². The Labute approximate surface area is 120 Å². The molecule has 0 spiro atoms. The number of carbonyl (C=O) groups is 1. The third-order valence-corrected chi connectivity index (χ3v) is 3.75. The van der Waals surface area contributed by atoms with Crippen LogP contribution in [-0.4, -0.2) is 12.5 Å². The predicted molar refractivity (Wildman–Crippen MR) is 79.8 cm³/mol. The first-order chi connectivity index (χ1) is 9.32. The molecule has 1 aromatic carbocycles. The van der Waals surface area contributed by atoms with Gasteiger partial charge in [0.25, 0.3) is 0 Å². The van der Waals surface area contributed by atoms with Gasteiger partial charge < -0.3 is 11.1 Å². The van der Waals surface area contributed by atoms with Gasteiger partial charge in [0.15, 0.2) is 0 Å². The second-order valence-corrected chi connectivity index (χ2v) is 5.95. The fourth-order valence-corrected chi connectivity index (χ4v) is 2.46. The molecule has 0 unspecified atom stereocenters. The Morgan fingerprint density at radius 2 is 1.85 bits per heavy atom. The molecule has 0 bridgehead atoms. The van der Waals surface area contributed by atoms with Crippen molar-refractivity contribution in [3.05, 3.63) is 35.1 Å². The van der Waals surface area contributed by atoms with Crippen LogP contribution in [0.3, 0.4) is 0 Å². The molecule has 1 rings (SSSR count). The van der Waals surface area contributed by atoms with Crippen molar-refractivity contribution in [1.29, 1.82) is 0 Å². The normalized spacial score (nSPS) is 11.6. The molecule has 3 N–H and O–H groups in total. The van der Waals surface area contributed by atoms with Crippen LogP contribution < -0.4 is 11.1 Å². The molecule has 0 saturated carbocycles. The molecule has 1 amide bonds. The zero-order valence-electron chi connectivity index (χ0n) is 12.7. The summed E-state index contributed by atoms with van der Waals surface area (Å²) in [5.74, 6) is 0.736. The number of amides is 1. The number of halogens is 1. The van der Waals surface area contributed by atoms with Crippen molar-refractivity contribution in [3.8, 4) is 0 Å². The predicted octanol–water partition coefficient (Wildman–Crippen LogP) is 2.94. The zero-order chi connectivity index (χ0) is 15.3. The van der Waals surface area contributed by atoms with Crippen molar-refractivity contribution in [2.24, 2.45) is 23.5 Å². The molecular formula is C16H25FN2O. The van der Waals surface area contributed by atoms with Crippen LogP contribution in [-0.2, 0) is 6.54 Å². The van der Waals surface area contributed by atoms with Gasteiger partial charge in [-0.25, -0.2) is 4.39 Å². The molecule has 0 fully saturated rings. The lowest BCUT2D eigenvalue weighted by atomic mass is 9.85. The summed E-state index contributed by atoms with van der Waals surface area (Å²) in [5, 5.41) is 3.30. The van der Waals surface area contributed by atoms with Crippen molar-refractivity contribution in [2.75, 3.05) is 6.54 Å². The molecule has 4 heteroatoms. The molecule has 0 aromatic heterocycles. The first kappa shape index (κ1) is 16.6. The lowest BCUT2D eigenvalue weighted by Crippen LogP contribution is -2.29. The van der Waals surface area contributed by atoms with E-state index in [9.17, 15) is 9.18 Å². The van der Waals surface area contributed by atoms with E-state index in [1.807, 2.05) is 0 Å². The molecule has 0 heterocycles. The van der Waals surface area contributed by atoms with Crippen LogP contribution in [0.4, 0.5) is 4.39 Å². The first-order valence-corrected chi connectivity index (χ1v) is 7.11. The maximum absolute atomic E-state index is 13.8. The van der Waals surface area contributed by atoms with E-state index < -0.39 is 5.91 Å². The largest absolute Gasteiger partial charge is 0.366 e. The summed E-state index contributed by atoms with van der Waals surface area (Å²) in [4.78, 5) is 11.0. The number of nitrogens with one attached hydrogen (secondary N) is 1. The standard InChI is InChI=1S/C16H25FN2O/c1-10(2)14(11(3)4)9-19-8-13-6-5-12(16(18)20)7-15(13)17/h5-7,10-11,14,19H,8-9H2,1-4H3,(H2,18,20). The molecule has 0 atom stereocenters. The molecule has 0 aliphatic rings. The Balaban J connectivity index is 2.60. The number of carbonyl (C=O) groups excluding carboxylic acids is 1. The average molecular weight is 280 g/mol. The van der Waals surface area contributed by atoms with Crippen LogP contribution in [0.25, 0.3) is 0 Å². The van der Waals surface area contributed by atoms with E-state index in [1.54, 1.807) is 12.1 Å². The van der Waals surface area contributed by atoms with Crippen molar-refractivity contribution in [3.63, 3.8) is 0 Å². The highest BCUT2D eigenvalue weighted by molar-refractivity contribution is 5.92. The van der Waals surface area contributed by atoms with Gasteiger partial charge >= 0.3 is 0 Å². The highest BCUT2D eigenvalue weighted by Crippen LogP contribution is 2.19. The fraction of sp³-hybridized carbons (Fsp3) is 0.562. The van der Waals surface area contributed by atoms with Gasteiger partial charge in [-0.15, -0.1) is 0 Å². The van der Waals surface area contributed by atoms with Crippen LogP contribution in [0.2, 0.25) is 0 Å². The molecule has 1 aromatic rings. The molecule has 0 saturated heterocycles. The summed E-state index contributed by atoms with van der Waals surface area (Å²) in [6.45, 7) is 10.1. The minimum atomic E-state index is -0.608. The maximum Gasteiger partial charge on any atom is 0.248 e. The van der Waals surface area contributed by atoms with E-state index in [4.69, 9.17) is 5.73 Å². The monoisotopic (exact) mass is 280 g/mol. The highest BCUT2D eigenvalue weighted by Gasteiger charge is 2.17. The van der Waals surface area contributed by atoms with Gasteiger partial charge in [0.1, 0.15) is 5.82 Å². The second-order valence-electron chi connectivity index (χ2n) is 5.95. The molecule has 3 nitrogen and oxygen atoms in total. The van der Waals surface area contributed by atoms with Gasteiger partial charge in [0, 0.05) is 17.7 Å². The molecule has 0 radical (unpaired) electrons. The molecule has 0 aliphatic heterocycles. The maximum atomic E-state index is 13.8. The smallest absolute Gasteiger partial charge is 0.248 e. The van der Waals surface area contributed by atoms with Crippen LogP contribution in [0.1, 0.15) is 43.6 Å². The van der Waals surface area contributed by atoms with E-state index >= 15 is 0 Å². The molecule has 112 valence electrons. The average Bonchev–Trinajstić information content (AvgIpc) is 2.34. The minimum Gasteiger partial charge on any atom is -0.366 e. The SMILES string of the molecule is CC(C)C(CNCc1ccc(C(N)=O)cc1F)C(C)C. The third kappa shape index (κ3) is 4.60. The zero-order valence-corrected chi connectivity index (χ0v) is 12.7. The number of hydrogen-bond acceptors (Lipinski definition) is 2. The molecular weight excluding hydrogens is 255 g/mol. The Morgan fingerprint density at radius 3 is 2.30 bits per heavy atom. The lowest BCUT2D eigenvalue weighted by molar-refractivity contribution is 0.1000. The molecule has 0 aliphatic carbocycles. The van der Waals surface area contributed by atoms with E-state index in [0.717, 1.165) is 6.54 Å².